The second-order valence-corrected chi connectivity index (χ2v) is 3.33. The molecule has 0 aliphatic carbocycles. The Bertz CT molecular complexity index is 285. The molecule has 2 N–H and O–H groups in total. The molecule has 76 valence electrons. The Morgan fingerprint density at radius 2 is 1.93 bits per heavy atom. The predicted octanol–water partition coefficient (Wildman–Crippen LogP) is 1.51. The van der Waals surface area contributed by atoms with Crippen molar-refractivity contribution in [3.05, 3.63) is 30.3 Å². The third-order valence-electron chi connectivity index (χ3n) is 2.11. The minimum absolute atomic E-state index is 0.292. The molecule has 1 aliphatic heterocycles. The van der Waals surface area contributed by atoms with Crippen LogP contribution in [0.25, 0.3) is 0 Å². The lowest BCUT2D eigenvalue weighted by Crippen LogP contribution is -2.17. The summed E-state index contributed by atoms with van der Waals surface area (Å²) in [6.07, 6.45) is 1.81. The molecule has 1 saturated heterocycles. The van der Waals surface area contributed by atoms with Crippen LogP contribution in [0.5, 0.6) is 0 Å². The van der Waals surface area contributed by atoms with Gasteiger partial charge >= 0.3 is 0 Å². The topological polar surface area (TPSA) is 46.3 Å². The largest absolute Gasteiger partial charge is 0.399 e. The molecule has 0 saturated carbocycles. The zero-order valence-corrected chi connectivity index (χ0v) is 8.44. The van der Waals surface area contributed by atoms with E-state index in [0.29, 0.717) is 5.91 Å². The van der Waals surface area contributed by atoms with Gasteiger partial charge in [-0.15, -0.1) is 0 Å². The molecule has 1 heterocycles. The molecule has 1 aliphatic rings. The first kappa shape index (κ1) is 10.6. The van der Waals surface area contributed by atoms with Crippen molar-refractivity contribution in [2.45, 2.75) is 12.8 Å². The number of carbonyl (C=O) groups excluding carboxylic acids is 1. The Kier molecular flexibility index (Phi) is 3.98. The van der Waals surface area contributed by atoms with E-state index in [0.717, 1.165) is 25.1 Å². The molecule has 14 heavy (non-hydrogen) atoms. The number of carbonyl (C=O) groups is 1. The van der Waals surface area contributed by atoms with E-state index in [1.54, 1.807) is 4.90 Å². The summed E-state index contributed by atoms with van der Waals surface area (Å²) in [5, 5.41) is 0. The van der Waals surface area contributed by atoms with E-state index in [1.807, 2.05) is 37.4 Å². The fourth-order valence-electron chi connectivity index (χ4n) is 1.24. The molecule has 3 nitrogen and oxygen atoms in total. The number of nitrogen functional groups attached to an aromatic ring is 1. The molecule has 1 aromatic rings. The lowest BCUT2D eigenvalue weighted by molar-refractivity contribution is -0.126. The third kappa shape index (κ3) is 3.47. The number of rotatable bonds is 0. The van der Waals surface area contributed by atoms with Crippen LogP contribution in [0.3, 0.4) is 0 Å². The fourth-order valence-corrected chi connectivity index (χ4v) is 1.24. The number of para-hydroxylation sites is 1. The Morgan fingerprint density at radius 1 is 1.29 bits per heavy atom. The van der Waals surface area contributed by atoms with E-state index in [1.165, 1.54) is 0 Å². The molecule has 1 fully saturated rings. The summed E-state index contributed by atoms with van der Waals surface area (Å²) in [6.45, 7) is 0.957. The van der Waals surface area contributed by atoms with Crippen molar-refractivity contribution in [1.29, 1.82) is 0 Å². The molecule has 2 rings (SSSR count). The van der Waals surface area contributed by atoms with Gasteiger partial charge in [-0.1, -0.05) is 18.2 Å². The average molecular weight is 192 g/mol. The van der Waals surface area contributed by atoms with Crippen LogP contribution in [-0.2, 0) is 4.79 Å². The zero-order valence-electron chi connectivity index (χ0n) is 8.44. The van der Waals surface area contributed by atoms with Crippen LogP contribution in [0.2, 0.25) is 0 Å². The summed E-state index contributed by atoms with van der Waals surface area (Å²) in [7, 11) is 1.84. The monoisotopic (exact) mass is 192 g/mol. The van der Waals surface area contributed by atoms with Crippen LogP contribution in [0.4, 0.5) is 5.69 Å². The van der Waals surface area contributed by atoms with Crippen molar-refractivity contribution < 1.29 is 4.79 Å². The van der Waals surface area contributed by atoms with Crippen LogP contribution in [0, 0.1) is 0 Å². The molecular formula is C11H16N2O. The van der Waals surface area contributed by atoms with Crippen LogP contribution in [0.1, 0.15) is 12.8 Å². The lowest BCUT2D eigenvalue weighted by atomic mass is 10.3. The SMILES string of the molecule is CN1CCCC1=O.Nc1ccccc1. The molecule has 1 aromatic carbocycles. The summed E-state index contributed by atoms with van der Waals surface area (Å²) >= 11 is 0. The molecule has 1 amide bonds. The average Bonchev–Trinajstić information content (AvgIpc) is 2.53. The highest BCUT2D eigenvalue weighted by molar-refractivity contribution is 5.77. The molecule has 0 bridgehead atoms. The van der Waals surface area contributed by atoms with Gasteiger partial charge in [0.05, 0.1) is 0 Å². The van der Waals surface area contributed by atoms with Gasteiger partial charge in [-0.05, 0) is 18.6 Å². The number of hydrogen-bond donors (Lipinski definition) is 1. The highest BCUT2D eigenvalue weighted by Crippen LogP contribution is 2.04. The highest BCUT2D eigenvalue weighted by atomic mass is 16.2. The highest BCUT2D eigenvalue weighted by Gasteiger charge is 2.14. The Morgan fingerprint density at radius 3 is 2.14 bits per heavy atom. The maximum Gasteiger partial charge on any atom is 0.222 e. The van der Waals surface area contributed by atoms with Gasteiger partial charge in [0.2, 0.25) is 5.91 Å². The van der Waals surface area contributed by atoms with Crippen LogP contribution < -0.4 is 5.73 Å². The standard InChI is InChI=1S/C6H7N.C5H9NO/c7-6-4-2-1-3-5-6;1-6-4-2-3-5(6)7/h1-5H,7H2;2-4H2,1H3. The molecule has 0 aromatic heterocycles. The minimum Gasteiger partial charge on any atom is -0.399 e. The van der Waals surface area contributed by atoms with Gasteiger partial charge < -0.3 is 10.6 Å². The summed E-state index contributed by atoms with van der Waals surface area (Å²) in [4.78, 5) is 12.3. The first-order valence-corrected chi connectivity index (χ1v) is 4.74. The van der Waals surface area contributed by atoms with E-state index in [2.05, 4.69) is 0 Å². The van der Waals surface area contributed by atoms with E-state index in [4.69, 9.17) is 5.73 Å². The van der Waals surface area contributed by atoms with Crippen molar-refractivity contribution in [2.75, 3.05) is 19.3 Å². The van der Waals surface area contributed by atoms with Gasteiger partial charge in [0.25, 0.3) is 0 Å². The van der Waals surface area contributed by atoms with Gasteiger partial charge in [-0.2, -0.15) is 0 Å². The van der Waals surface area contributed by atoms with Gasteiger partial charge in [0.1, 0.15) is 0 Å². The van der Waals surface area contributed by atoms with Crippen LogP contribution in [0.15, 0.2) is 30.3 Å². The molecule has 0 spiro atoms. The second kappa shape index (κ2) is 5.27. The summed E-state index contributed by atoms with van der Waals surface area (Å²) in [6, 6.07) is 9.49. The smallest absolute Gasteiger partial charge is 0.222 e. The first-order valence-electron chi connectivity index (χ1n) is 4.74. The Labute approximate surface area is 84.5 Å². The summed E-state index contributed by atoms with van der Waals surface area (Å²) < 4.78 is 0. The molecular weight excluding hydrogens is 176 g/mol. The summed E-state index contributed by atoms with van der Waals surface area (Å²) in [5.41, 5.74) is 6.18. The number of anilines is 1. The molecule has 0 unspecified atom stereocenters. The minimum atomic E-state index is 0.292. The van der Waals surface area contributed by atoms with Gasteiger partial charge in [-0.3, -0.25) is 4.79 Å². The second-order valence-electron chi connectivity index (χ2n) is 3.33. The zero-order chi connectivity index (χ0) is 10.4. The van der Waals surface area contributed by atoms with E-state index < -0.39 is 0 Å². The van der Waals surface area contributed by atoms with E-state index in [9.17, 15) is 4.79 Å². The quantitative estimate of drug-likeness (QED) is 0.633. The third-order valence-corrected chi connectivity index (χ3v) is 2.11. The van der Waals surface area contributed by atoms with Crippen molar-refractivity contribution in [2.24, 2.45) is 0 Å². The van der Waals surface area contributed by atoms with Gasteiger partial charge in [0, 0.05) is 25.7 Å². The maximum absolute atomic E-state index is 10.5. The van der Waals surface area contributed by atoms with Crippen molar-refractivity contribution in [3.8, 4) is 0 Å². The predicted molar refractivity (Wildman–Crippen MR) is 57.7 cm³/mol. The number of nitrogens with two attached hydrogens (primary N) is 1. The maximum atomic E-state index is 10.5. The van der Waals surface area contributed by atoms with Crippen molar-refractivity contribution in [3.63, 3.8) is 0 Å². The van der Waals surface area contributed by atoms with E-state index in [-0.39, 0.29) is 0 Å². The van der Waals surface area contributed by atoms with Gasteiger partial charge in [0.15, 0.2) is 0 Å². The Balaban J connectivity index is 0.000000140. The lowest BCUT2D eigenvalue weighted by Gasteiger charge is -2.03. The molecule has 3 heteroatoms. The first-order chi connectivity index (χ1) is 6.70. The number of likely N-dealkylation sites (tertiary alicyclic amines) is 1. The number of hydrogen-bond acceptors (Lipinski definition) is 2. The van der Waals surface area contributed by atoms with Crippen LogP contribution >= 0.6 is 0 Å². The Hall–Kier alpha value is -1.51. The normalized spacial score (nSPS) is 14.9. The number of nitrogens with zero attached hydrogens (tertiary/aromatic N) is 1. The van der Waals surface area contributed by atoms with Crippen molar-refractivity contribution in [1.82, 2.24) is 4.90 Å². The number of benzene rings is 1. The fraction of sp³-hybridized carbons (Fsp3) is 0.364. The summed E-state index contributed by atoms with van der Waals surface area (Å²) in [5.74, 6) is 0.292. The van der Waals surface area contributed by atoms with Gasteiger partial charge in [-0.25, -0.2) is 0 Å². The van der Waals surface area contributed by atoms with E-state index >= 15 is 0 Å². The number of amides is 1. The molecule has 0 atom stereocenters. The van der Waals surface area contributed by atoms with Crippen molar-refractivity contribution >= 4 is 11.6 Å². The molecule has 0 radical (unpaired) electrons. The van der Waals surface area contributed by atoms with Crippen LogP contribution in [-0.4, -0.2) is 24.4 Å².